The highest BCUT2D eigenvalue weighted by atomic mass is 16.7. The number of hydrogen-bond acceptors (Lipinski definition) is 9. The van der Waals surface area contributed by atoms with Crippen LogP contribution >= 0.6 is 0 Å². The molecule has 0 aromatic heterocycles. The average molecular weight is 628 g/mol. The summed E-state index contributed by atoms with van der Waals surface area (Å²) in [6.45, 7) is 5.34. The highest BCUT2D eigenvalue weighted by Gasteiger charge is 2.47. The smallest absolute Gasteiger partial charge is 0.308 e. The van der Waals surface area contributed by atoms with E-state index in [0.717, 1.165) is 37.8 Å². The number of methoxy groups -OCH3 is 2. The van der Waals surface area contributed by atoms with Gasteiger partial charge in [-0.25, -0.2) is 0 Å². The van der Waals surface area contributed by atoms with Gasteiger partial charge < -0.3 is 38.6 Å². The Labute approximate surface area is 266 Å². The average Bonchev–Trinajstić information content (AvgIpc) is 3.65. The molecule has 11 heteroatoms. The first-order chi connectivity index (χ1) is 21.8. The number of amides is 1. The standard InChI is InChI=1S/C34H49N3O8/c1-6-7-16-36(17-11-10-15-35(2)3)31(38)22-37-21-25(24-19-29(42-5)33-30(20-24)44-23-45-33)32(34(39)40)26(37)14-18-43-28-13-9-8-12-27(28)41-4/h8-9,12-13,19-20,25-26,32H,6-7,10-11,14-18,21-23H2,1-5H3,(H,39,40)/t25-,26+,32-/m1/s1. The third-order valence-electron chi connectivity index (χ3n) is 8.64. The van der Waals surface area contributed by atoms with Gasteiger partial charge >= 0.3 is 5.97 Å². The van der Waals surface area contributed by atoms with Crippen LogP contribution in [0.3, 0.4) is 0 Å². The number of hydrogen-bond donors (Lipinski definition) is 1. The van der Waals surface area contributed by atoms with E-state index in [1.54, 1.807) is 14.2 Å². The number of benzene rings is 2. The van der Waals surface area contributed by atoms with E-state index in [1.165, 1.54) is 0 Å². The number of rotatable bonds is 18. The lowest BCUT2D eigenvalue weighted by Crippen LogP contribution is -2.45. The molecular formula is C34H49N3O8. The first kappa shape index (κ1) is 34.2. The lowest BCUT2D eigenvalue weighted by atomic mass is 9.84. The van der Waals surface area contributed by atoms with Crippen molar-refractivity contribution in [3.63, 3.8) is 0 Å². The minimum atomic E-state index is -0.916. The molecular weight excluding hydrogens is 578 g/mol. The fourth-order valence-corrected chi connectivity index (χ4v) is 6.30. The van der Waals surface area contributed by atoms with E-state index in [1.807, 2.05) is 46.2 Å². The molecule has 11 nitrogen and oxygen atoms in total. The van der Waals surface area contributed by atoms with Gasteiger partial charge in [0.05, 0.1) is 33.3 Å². The summed E-state index contributed by atoms with van der Waals surface area (Å²) in [6.07, 6.45) is 4.25. The summed E-state index contributed by atoms with van der Waals surface area (Å²) < 4.78 is 28.3. The van der Waals surface area contributed by atoms with Crippen LogP contribution in [0, 0.1) is 5.92 Å². The predicted octanol–water partition coefficient (Wildman–Crippen LogP) is 4.34. The van der Waals surface area contributed by atoms with E-state index in [9.17, 15) is 14.7 Å². The van der Waals surface area contributed by atoms with Crippen molar-refractivity contribution < 1.29 is 38.4 Å². The van der Waals surface area contributed by atoms with E-state index in [4.69, 9.17) is 23.7 Å². The molecule has 1 N–H and O–H groups in total. The molecule has 0 unspecified atom stereocenters. The van der Waals surface area contributed by atoms with Crippen LogP contribution in [-0.2, 0) is 9.59 Å². The summed E-state index contributed by atoms with van der Waals surface area (Å²) in [6, 6.07) is 10.6. The predicted molar refractivity (Wildman–Crippen MR) is 171 cm³/mol. The lowest BCUT2D eigenvalue weighted by Gasteiger charge is -2.30. The number of carboxylic acids is 1. The van der Waals surface area contributed by atoms with Gasteiger partial charge in [-0.1, -0.05) is 25.5 Å². The molecule has 2 aliphatic heterocycles. The Kier molecular flexibility index (Phi) is 12.6. The SMILES string of the molecule is CCCCN(CCCCN(C)C)C(=O)CN1C[C@H](c2cc(OC)c3c(c2)OCO3)[C@@H](C(=O)O)[C@@H]1CCOc1ccccc1OC. The topological polar surface area (TPSA) is 110 Å². The summed E-state index contributed by atoms with van der Waals surface area (Å²) in [7, 11) is 7.24. The molecule has 0 saturated carbocycles. The minimum Gasteiger partial charge on any atom is -0.493 e. The molecule has 2 aromatic rings. The molecule has 4 rings (SSSR count). The van der Waals surface area contributed by atoms with Gasteiger partial charge in [0.15, 0.2) is 23.0 Å². The second-order valence-corrected chi connectivity index (χ2v) is 12.0. The Balaban J connectivity index is 1.58. The molecule has 1 saturated heterocycles. The van der Waals surface area contributed by atoms with Gasteiger partial charge in [-0.15, -0.1) is 0 Å². The fourth-order valence-electron chi connectivity index (χ4n) is 6.30. The molecule has 1 amide bonds. The Morgan fingerprint density at radius 2 is 1.69 bits per heavy atom. The van der Waals surface area contributed by atoms with Crippen LogP contribution in [0.4, 0.5) is 0 Å². The first-order valence-electron chi connectivity index (χ1n) is 15.9. The van der Waals surface area contributed by atoms with E-state index >= 15 is 0 Å². The van der Waals surface area contributed by atoms with Crippen molar-refractivity contribution in [1.29, 1.82) is 0 Å². The van der Waals surface area contributed by atoms with Crippen LogP contribution in [0.15, 0.2) is 36.4 Å². The molecule has 1 fully saturated rings. The number of carbonyl (C=O) groups excluding carboxylic acids is 1. The first-order valence-corrected chi connectivity index (χ1v) is 15.9. The van der Waals surface area contributed by atoms with Crippen molar-refractivity contribution in [3.8, 4) is 28.7 Å². The van der Waals surface area contributed by atoms with Crippen molar-refractivity contribution in [1.82, 2.24) is 14.7 Å². The van der Waals surface area contributed by atoms with Crippen LogP contribution in [0.2, 0.25) is 0 Å². The van der Waals surface area contributed by atoms with Crippen LogP contribution in [0.5, 0.6) is 28.7 Å². The number of fused-ring (bicyclic) bond motifs is 1. The number of carboxylic acid groups (broad SMARTS) is 1. The summed E-state index contributed by atoms with van der Waals surface area (Å²) >= 11 is 0. The highest BCUT2D eigenvalue weighted by molar-refractivity contribution is 5.79. The van der Waals surface area contributed by atoms with Gasteiger partial charge in [0.2, 0.25) is 18.4 Å². The summed E-state index contributed by atoms with van der Waals surface area (Å²) in [5.74, 6) is 0.663. The van der Waals surface area contributed by atoms with Crippen molar-refractivity contribution in [3.05, 3.63) is 42.0 Å². The molecule has 3 atom stereocenters. The minimum absolute atomic E-state index is 0.0250. The van der Waals surface area contributed by atoms with Crippen molar-refractivity contribution >= 4 is 11.9 Å². The molecule has 0 radical (unpaired) electrons. The number of carbonyl (C=O) groups is 2. The number of unbranched alkanes of at least 4 members (excludes halogenated alkanes) is 2. The van der Waals surface area contributed by atoms with Crippen LogP contribution in [0.25, 0.3) is 0 Å². The molecule has 0 spiro atoms. The van der Waals surface area contributed by atoms with Crippen LogP contribution in [0.1, 0.15) is 50.5 Å². The third-order valence-corrected chi connectivity index (χ3v) is 8.64. The largest absolute Gasteiger partial charge is 0.493 e. The highest BCUT2D eigenvalue weighted by Crippen LogP contribution is 2.47. The quantitative estimate of drug-likeness (QED) is 0.240. The second-order valence-electron chi connectivity index (χ2n) is 12.0. The van der Waals surface area contributed by atoms with Crippen molar-refractivity contribution in [2.45, 2.75) is 51.0 Å². The number of likely N-dealkylation sites (tertiary alicyclic amines) is 1. The van der Waals surface area contributed by atoms with Crippen LogP contribution < -0.4 is 23.7 Å². The monoisotopic (exact) mass is 627 g/mol. The van der Waals surface area contributed by atoms with Gasteiger partial charge in [0.25, 0.3) is 0 Å². The Bertz CT molecular complexity index is 1270. The normalized spacial score (nSPS) is 19.1. The maximum Gasteiger partial charge on any atom is 0.308 e. The van der Waals surface area contributed by atoms with Crippen molar-refractivity contribution in [2.75, 3.05) is 74.4 Å². The van der Waals surface area contributed by atoms with Gasteiger partial charge in [-0.2, -0.15) is 0 Å². The number of aliphatic carboxylic acids is 1. The number of ether oxygens (including phenoxy) is 5. The Hall–Kier alpha value is -3.70. The zero-order valence-corrected chi connectivity index (χ0v) is 27.3. The molecule has 2 aromatic carbocycles. The van der Waals surface area contributed by atoms with Gasteiger partial charge in [0, 0.05) is 31.6 Å². The number of para-hydroxylation sites is 2. The molecule has 2 heterocycles. The summed E-state index contributed by atoms with van der Waals surface area (Å²) in [5, 5.41) is 10.6. The number of nitrogens with zero attached hydrogens (tertiary/aromatic N) is 3. The van der Waals surface area contributed by atoms with Gasteiger partial charge in [-0.3, -0.25) is 14.5 Å². The third kappa shape index (κ3) is 8.73. The second kappa shape index (κ2) is 16.6. The Morgan fingerprint density at radius 3 is 2.38 bits per heavy atom. The molecule has 2 aliphatic rings. The zero-order chi connectivity index (χ0) is 32.3. The zero-order valence-electron chi connectivity index (χ0n) is 27.3. The van der Waals surface area contributed by atoms with Crippen molar-refractivity contribution in [2.24, 2.45) is 5.92 Å². The van der Waals surface area contributed by atoms with Crippen LogP contribution in [-0.4, -0.2) is 112 Å². The maximum absolute atomic E-state index is 13.9. The fraction of sp³-hybridized carbons (Fsp3) is 0.588. The van der Waals surface area contributed by atoms with E-state index < -0.39 is 23.8 Å². The Morgan fingerprint density at radius 1 is 0.978 bits per heavy atom. The van der Waals surface area contributed by atoms with E-state index in [-0.39, 0.29) is 25.9 Å². The van der Waals surface area contributed by atoms with E-state index in [0.29, 0.717) is 54.8 Å². The van der Waals surface area contributed by atoms with Gasteiger partial charge in [-0.05, 0) is 76.2 Å². The summed E-state index contributed by atoms with van der Waals surface area (Å²) in [4.78, 5) is 33.0. The maximum atomic E-state index is 13.9. The molecule has 0 bridgehead atoms. The molecule has 0 aliphatic carbocycles. The van der Waals surface area contributed by atoms with Gasteiger partial charge in [0.1, 0.15) is 0 Å². The summed E-state index contributed by atoms with van der Waals surface area (Å²) in [5.41, 5.74) is 0.778. The van der Waals surface area contributed by atoms with E-state index in [2.05, 4.69) is 25.9 Å². The molecule has 45 heavy (non-hydrogen) atoms. The molecule has 248 valence electrons. The lowest BCUT2D eigenvalue weighted by molar-refractivity contribution is -0.144.